The molecule has 3 aromatic rings. The fourth-order valence-electron chi connectivity index (χ4n) is 3.43. The van der Waals surface area contributed by atoms with Crippen LogP contribution in [0, 0.1) is 0 Å². The van der Waals surface area contributed by atoms with Gasteiger partial charge in [-0.25, -0.2) is 9.97 Å². The molecule has 0 atom stereocenters. The van der Waals surface area contributed by atoms with Crippen LogP contribution >= 0.6 is 0 Å². The number of benzene rings is 2. The molecule has 7 heteroatoms. The fraction of sp³-hybridized carbons (Fsp3) is 0.273. The third-order valence-electron chi connectivity index (χ3n) is 4.98. The Labute approximate surface area is 167 Å². The second-order valence-corrected chi connectivity index (χ2v) is 7.05. The molecule has 1 aliphatic heterocycles. The molecule has 29 heavy (non-hydrogen) atoms. The normalized spacial score (nSPS) is 15.5. The van der Waals surface area contributed by atoms with Crippen LogP contribution in [0.4, 0.5) is 19.1 Å². The summed E-state index contributed by atoms with van der Waals surface area (Å²) in [5.41, 5.74) is 1.25. The second kappa shape index (κ2) is 8.21. The Morgan fingerprint density at radius 1 is 0.793 bits per heavy atom. The van der Waals surface area contributed by atoms with E-state index in [0.717, 1.165) is 25.7 Å². The van der Waals surface area contributed by atoms with E-state index >= 15 is 0 Å². The van der Waals surface area contributed by atoms with Gasteiger partial charge in [-0.1, -0.05) is 60.7 Å². The maximum Gasteiger partial charge on any atom is 0.433 e. The molecule has 4 rings (SSSR count). The highest BCUT2D eigenvalue weighted by Crippen LogP contribution is 2.32. The molecule has 0 aliphatic carbocycles. The number of aromatic nitrogens is 2. The topological polar surface area (TPSA) is 32.3 Å². The molecule has 0 spiro atoms. The molecule has 0 N–H and O–H groups in total. The Bertz CT molecular complexity index is 937. The lowest BCUT2D eigenvalue weighted by molar-refractivity contribution is -0.141. The van der Waals surface area contributed by atoms with Gasteiger partial charge in [0.05, 0.1) is 5.69 Å². The van der Waals surface area contributed by atoms with Crippen molar-refractivity contribution in [1.29, 1.82) is 0 Å². The third-order valence-corrected chi connectivity index (χ3v) is 4.98. The van der Waals surface area contributed by atoms with Gasteiger partial charge in [-0.2, -0.15) is 13.2 Å². The molecule has 1 aromatic heterocycles. The Morgan fingerprint density at radius 2 is 1.41 bits per heavy atom. The lowest BCUT2D eigenvalue weighted by atomic mass is 10.1. The Kier molecular flexibility index (Phi) is 5.49. The minimum Gasteiger partial charge on any atom is -0.338 e. The SMILES string of the molecule is FC(F)(F)c1cc(-c2ccccc2)nc(N2CCN(Cc3ccccc3)CC2)n1. The van der Waals surface area contributed by atoms with Crippen molar-refractivity contribution in [3.05, 3.63) is 78.0 Å². The Hall–Kier alpha value is -2.93. The van der Waals surface area contributed by atoms with E-state index in [1.54, 1.807) is 24.3 Å². The number of halogens is 3. The Morgan fingerprint density at radius 3 is 2.03 bits per heavy atom. The van der Waals surface area contributed by atoms with Crippen LogP contribution in [-0.2, 0) is 12.7 Å². The van der Waals surface area contributed by atoms with Crippen LogP contribution in [0.1, 0.15) is 11.3 Å². The Balaban J connectivity index is 1.54. The molecule has 2 aromatic carbocycles. The van der Waals surface area contributed by atoms with Crippen LogP contribution < -0.4 is 4.90 Å². The first kappa shape index (κ1) is 19.4. The molecule has 0 unspecified atom stereocenters. The standard InChI is InChI=1S/C22H21F3N4/c23-22(24,25)20-15-19(18-9-5-2-6-10-18)26-21(27-20)29-13-11-28(12-14-29)16-17-7-3-1-4-8-17/h1-10,15H,11-14,16H2. The molecule has 1 saturated heterocycles. The largest absolute Gasteiger partial charge is 0.433 e. The van der Waals surface area contributed by atoms with Crippen molar-refractivity contribution in [2.75, 3.05) is 31.1 Å². The van der Waals surface area contributed by atoms with Crippen LogP contribution in [0.15, 0.2) is 66.7 Å². The first-order chi connectivity index (χ1) is 14.0. The molecule has 0 bridgehead atoms. The van der Waals surface area contributed by atoms with Gasteiger partial charge in [-0.05, 0) is 11.6 Å². The summed E-state index contributed by atoms with van der Waals surface area (Å²) in [6.07, 6.45) is -4.52. The van der Waals surface area contributed by atoms with Crippen LogP contribution in [-0.4, -0.2) is 41.0 Å². The van der Waals surface area contributed by atoms with Gasteiger partial charge in [-0.15, -0.1) is 0 Å². The van der Waals surface area contributed by atoms with Crippen molar-refractivity contribution < 1.29 is 13.2 Å². The molecule has 2 heterocycles. The second-order valence-electron chi connectivity index (χ2n) is 7.05. The van der Waals surface area contributed by atoms with Gasteiger partial charge in [0.2, 0.25) is 5.95 Å². The average molecular weight is 398 g/mol. The van der Waals surface area contributed by atoms with E-state index in [4.69, 9.17) is 0 Å². The summed E-state index contributed by atoms with van der Waals surface area (Å²) in [4.78, 5) is 12.4. The number of rotatable bonds is 4. The quantitative estimate of drug-likeness (QED) is 0.649. The summed E-state index contributed by atoms with van der Waals surface area (Å²) >= 11 is 0. The van der Waals surface area contributed by atoms with E-state index in [1.807, 2.05) is 29.2 Å². The fourth-order valence-corrected chi connectivity index (χ4v) is 3.43. The monoisotopic (exact) mass is 398 g/mol. The van der Waals surface area contributed by atoms with Crippen molar-refractivity contribution in [2.24, 2.45) is 0 Å². The molecule has 0 saturated carbocycles. The predicted molar refractivity (Wildman–Crippen MR) is 106 cm³/mol. The highest BCUT2D eigenvalue weighted by Gasteiger charge is 2.34. The number of piperazine rings is 1. The molecule has 4 nitrogen and oxygen atoms in total. The minimum atomic E-state index is -4.52. The first-order valence-corrected chi connectivity index (χ1v) is 9.52. The van der Waals surface area contributed by atoms with E-state index in [-0.39, 0.29) is 11.6 Å². The summed E-state index contributed by atoms with van der Waals surface area (Å²) in [7, 11) is 0. The average Bonchev–Trinajstić information content (AvgIpc) is 2.75. The van der Waals surface area contributed by atoms with Gasteiger partial charge >= 0.3 is 6.18 Å². The van der Waals surface area contributed by atoms with Gasteiger partial charge in [0.25, 0.3) is 0 Å². The van der Waals surface area contributed by atoms with Gasteiger partial charge in [0.15, 0.2) is 5.69 Å². The smallest absolute Gasteiger partial charge is 0.338 e. The number of hydrogen-bond donors (Lipinski definition) is 0. The summed E-state index contributed by atoms with van der Waals surface area (Å²) < 4.78 is 40.3. The summed E-state index contributed by atoms with van der Waals surface area (Å²) in [6, 6.07) is 20.1. The van der Waals surface area contributed by atoms with Crippen LogP contribution in [0.2, 0.25) is 0 Å². The number of anilines is 1. The maximum atomic E-state index is 13.4. The first-order valence-electron chi connectivity index (χ1n) is 9.52. The van der Waals surface area contributed by atoms with Gasteiger partial charge < -0.3 is 4.90 Å². The lowest BCUT2D eigenvalue weighted by Gasteiger charge is -2.35. The lowest BCUT2D eigenvalue weighted by Crippen LogP contribution is -2.46. The van der Waals surface area contributed by atoms with Crippen molar-refractivity contribution in [3.63, 3.8) is 0 Å². The molecule has 150 valence electrons. The highest BCUT2D eigenvalue weighted by atomic mass is 19.4. The minimum absolute atomic E-state index is 0.137. The van der Waals surface area contributed by atoms with E-state index in [2.05, 4.69) is 27.0 Å². The molecule has 1 aliphatic rings. The van der Waals surface area contributed by atoms with E-state index in [0.29, 0.717) is 18.7 Å². The van der Waals surface area contributed by atoms with Crippen LogP contribution in [0.5, 0.6) is 0 Å². The van der Waals surface area contributed by atoms with Gasteiger partial charge in [0.1, 0.15) is 0 Å². The zero-order chi connectivity index (χ0) is 20.3. The third kappa shape index (κ3) is 4.74. The molecule has 1 fully saturated rings. The van der Waals surface area contributed by atoms with Crippen molar-refractivity contribution in [1.82, 2.24) is 14.9 Å². The van der Waals surface area contributed by atoms with Crippen molar-refractivity contribution >= 4 is 5.95 Å². The van der Waals surface area contributed by atoms with Crippen molar-refractivity contribution in [3.8, 4) is 11.3 Å². The number of alkyl halides is 3. The van der Waals surface area contributed by atoms with Gasteiger partial charge in [-0.3, -0.25) is 4.90 Å². The number of hydrogen-bond acceptors (Lipinski definition) is 4. The molecular formula is C22H21F3N4. The van der Waals surface area contributed by atoms with Gasteiger partial charge in [0, 0.05) is 38.3 Å². The summed E-state index contributed by atoms with van der Waals surface area (Å²) in [5, 5.41) is 0. The van der Waals surface area contributed by atoms with Crippen molar-refractivity contribution in [2.45, 2.75) is 12.7 Å². The summed E-state index contributed by atoms with van der Waals surface area (Å²) in [5.74, 6) is 0.137. The molecular weight excluding hydrogens is 377 g/mol. The van der Waals surface area contributed by atoms with E-state index in [1.165, 1.54) is 5.56 Å². The van der Waals surface area contributed by atoms with E-state index in [9.17, 15) is 13.2 Å². The zero-order valence-electron chi connectivity index (χ0n) is 15.8. The highest BCUT2D eigenvalue weighted by molar-refractivity contribution is 5.61. The molecule has 0 radical (unpaired) electrons. The number of nitrogens with zero attached hydrogens (tertiary/aromatic N) is 4. The van der Waals surface area contributed by atoms with Crippen LogP contribution in [0.25, 0.3) is 11.3 Å². The predicted octanol–water partition coefficient (Wildman–Crippen LogP) is 4.48. The maximum absolute atomic E-state index is 13.4. The van der Waals surface area contributed by atoms with E-state index < -0.39 is 11.9 Å². The zero-order valence-corrected chi connectivity index (χ0v) is 15.8. The van der Waals surface area contributed by atoms with Crippen LogP contribution in [0.3, 0.4) is 0 Å². The summed E-state index contributed by atoms with van der Waals surface area (Å²) in [6.45, 7) is 3.49. The molecule has 0 amide bonds.